The molecule has 1 saturated heterocycles. The van der Waals surface area contributed by atoms with Crippen LogP contribution in [0.5, 0.6) is 0 Å². The van der Waals surface area contributed by atoms with Crippen molar-refractivity contribution in [2.75, 3.05) is 13.1 Å². The molecule has 0 aliphatic carbocycles. The molecular weight excluding hydrogens is 396 g/mol. The third-order valence-electron chi connectivity index (χ3n) is 5.86. The van der Waals surface area contributed by atoms with E-state index in [0.717, 1.165) is 29.8 Å². The summed E-state index contributed by atoms with van der Waals surface area (Å²) in [6.45, 7) is 7.48. The highest BCUT2D eigenvalue weighted by Gasteiger charge is 2.33. The summed E-state index contributed by atoms with van der Waals surface area (Å²) in [5.74, 6) is 0.0832. The van der Waals surface area contributed by atoms with Crippen molar-refractivity contribution in [3.8, 4) is 11.3 Å². The fourth-order valence-electron chi connectivity index (χ4n) is 4.19. The van der Waals surface area contributed by atoms with Crippen LogP contribution in [0.4, 0.5) is 0 Å². The fraction of sp³-hybridized carbons (Fsp3) is 0.391. The molecule has 2 aromatic heterocycles. The average molecular weight is 425 g/mol. The van der Waals surface area contributed by atoms with Crippen LogP contribution in [0.1, 0.15) is 42.6 Å². The molecule has 0 saturated carbocycles. The van der Waals surface area contributed by atoms with Crippen molar-refractivity contribution in [2.24, 2.45) is 0 Å². The second-order valence-corrected chi connectivity index (χ2v) is 9.84. The van der Waals surface area contributed by atoms with Gasteiger partial charge in [-0.15, -0.1) is 0 Å². The van der Waals surface area contributed by atoms with Crippen LogP contribution in [0, 0.1) is 13.8 Å². The van der Waals surface area contributed by atoms with E-state index in [1.165, 1.54) is 11.8 Å². The first-order chi connectivity index (χ1) is 14.4. The van der Waals surface area contributed by atoms with Crippen molar-refractivity contribution in [3.63, 3.8) is 0 Å². The zero-order chi connectivity index (χ0) is 21.3. The molecule has 0 bridgehead atoms. The summed E-state index contributed by atoms with van der Waals surface area (Å²) in [5.41, 5.74) is 4.85. The highest BCUT2D eigenvalue weighted by Crippen LogP contribution is 2.31. The predicted molar refractivity (Wildman–Crippen MR) is 118 cm³/mol. The first-order valence-electron chi connectivity index (χ1n) is 10.5. The Balaban J connectivity index is 1.60. The van der Waals surface area contributed by atoms with Gasteiger partial charge in [0.25, 0.3) is 0 Å². The number of aryl methyl sites for hydroxylation is 2. The topological polar surface area (TPSA) is 68.1 Å². The van der Waals surface area contributed by atoms with Crippen LogP contribution in [-0.4, -0.2) is 40.6 Å². The summed E-state index contributed by atoms with van der Waals surface area (Å²) in [5, 5.41) is 4.22. The number of hydrogen-bond acceptors (Lipinski definition) is 4. The van der Waals surface area contributed by atoms with Gasteiger partial charge in [-0.1, -0.05) is 29.8 Å². The van der Waals surface area contributed by atoms with Gasteiger partial charge in [0.15, 0.2) is 0 Å². The summed E-state index contributed by atoms with van der Waals surface area (Å²) >= 11 is 0. The normalized spacial score (nSPS) is 17.9. The van der Waals surface area contributed by atoms with Crippen molar-refractivity contribution >= 4 is 10.0 Å². The maximum atomic E-state index is 13.3. The van der Waals surface area contributed by atoms with Gasteiger partial charge in [-0.2, -0.15) is 9.40 Å². The number of rotatable bonds is 5. The van der Waals surface area contributed by atoms with Crippen molar-refractivity contribution in [1.82, 2.24) is 19.1 Å². The summed E-state index contributed by atoms with van der Waals surface area (Å²) in [4.78, 5) is 5.21. The minimum absolute atomic E-state index is 0.0832. The third-order valence-corrected chi connectivity index (χ3v) is 7.83. The van der Waals surface area contributed by atoms with Gasteiger partial charge in [0.2, 0.25) is 10.0 Å². The Morgan fingerprint density at radius 1 is 1.13 bits per heavy atom. The Morgan fingerprint density at radius 3 is 2.67 bits per heavy atom. The lowest BCUT2D eigenvalue weighted by Crippen LogP contribution is -2.39. The van der Waals surface area contributed by atoms with E-state index in [1.807, 2.05) is 38.1 Å². The number of pyridine rings is 1. The monoisotopic (exact) mass is 424 g/mol. The minimum atomic E-state index is -3.57. The van der Waals surface area contributed by atoms with Crippen molar-refractivity contribution in [2.45, 2.75) is 51.0 Å². The molecule has 1 aliphatic heterocycles. The highest BCUT2D eigenvalue weighted by molar-refractivity contribution is 7.89. The lowest BCUT2D eigenvalue weighted by atomic mass is 9.95. The van der Waals surface area contributed by atoms with E-state index in [2.05, 4.69) is 30.2 Å². The number of nitrogens with zero attached hydrogens (tertiary/aromatic N) is 4. The van der Waals surface area contributed by atoms with Gasteiger partial charge < -0.3 is 0 Å². The number of benzene rings is 1. The molecule has 1 aromatic carbocycles. The van der Waals surface area contributed by atoms with Crippen LogP contribution in [0.3, 0.4) is 0 Å². The summed E-state index contributed by atoms with van der Waals surface area (Å²) in [7, 11) is -3.57. The molecule has 0 radical (unpaired) electrons. The quantitative estimate of drug-likeness (QED) is 0.617. The second kappa shape index (κ2) is 8.32. The molecule has 7 heteroatoms. The smallest absolute Gasteiger partial charge is 0.246 e. The Hall–Kier alpha value is -2.51. The van der Waals surface area contributed by atoms with E-state index in [4.69, 9.17) is 4.98 Å². The molecule has 3 aromatic rings. The molecule has 1 fully saturated rings. The molecule has 1 aliphatic rings. The van der Waals surface area contributed by atoms with Gasteiger partial charge in [0.05, 0.1) is 17.6 Å². The van der Waals surface area contributed by atoms with Gasteiger partial charge in [0, 0.05) is 36.8 Å². The van der Waals surface area contributed by atoms with Crippen molar-refractivity contribution in [1.29, 1.82) is 0 Å². The zero-order valence-corrected chi connectivity index (χ0v) is 18.6. The number of hydrogen-bond donors (Lipinski definition) is 0. The fourth-order valence-corrected chi connectivity index (χ4v) is 5.87. The molecule has 3 heterocycles. The molecule has 0 amide bonds. The van der Waals surface area contributed by atoms with Gasteiger partial charge in [0.1, 0.15) is 4.90 Å². The number of sulfonamides is 1. The first kappa shape index (κ1) is 20.8. The predicted octanol–water partition coefficient (Wildman–Crippen LogP) is 4.15. The average Bonchev–Trinajstić information content (AvgIpc) is 3.15. The van der Waals surface area contributed by atoms with E-state index in [1.54, 1.807) is 8.99 Å². The van der Waals surface area contributed by atoms with E-state index in [-0.39, 0.29) is 5.92 Å². The van der Waals surface area contributed by atoms with Crippen LogP contribution in [0.15, 0.2) is 53.6 Å². The molecular formula is C23H28N4O2S. The molecule has 4 rings (SSSR count). The highest BCUT2D eigenvalue weighted by atomic mass is 32.2. The molecule has 6 nitrogen and oxygen atoms in total. The van der Waals surface area contributed by atoms with Crippen LogP contribution >= 0.6 is 0 Å². The standard InChI is InChI=1S/C23H28N4O2S/c1-4-27-18(3)23(15-24-27)30(28,29)26-13-7-10-20(16-26)22-12-6-11-21(25-22)19-9-5-8-17(2)14-19/h5-6,8-9,11-12,14-15,20H,4,7,10,13,16H2,1-3H3/t20-/m0/s1. The van der Waals surface area contributed by atoms with Gasteiger partial charge >= 0.3 is 0 Å². The van der Waals surface area contributed by atoms with Crippen LogP contribution in [0.2, 0.25) is 0 Å². The van der Waals surface area contributed by atoms with E-state index < -0.39 is 10.0 Å². The Morgan fingerprint density at radius 2 is 1.93 bits per heavy atom. The lowest BCUT2D eigenvalue weighted by molar-refractivity contribution is 0.312. The Kier molecular flexibility index (Phi) is 5.75. The molecule has 158 valence electrons. The van der Waals surface area contributed by atoms with Crippen molar-refractivity contribution in [3.05, 3.63) is 65.6 Å². The molecule has 1 atom stereocenters. The SMILES string of the molecule is CCn1ncc(S(=O)(=O)N2CCC[C@H](c3cccc(-c4cccc(C)c4)n3)C2)c1C. The minimum Gasteiger partial charge on any atom is -0.269 e. The maximum Gasteiger partial charge on any atom is 0.246 e. The molecule has 0 spiro atoms. The molecule has 30 heavy (non-hydrogen) atoms. The van der Waals surface area contributed by atoms with Crippen LogP contribution in [-0.2, 0) is 16.6 Å². The Bertz CT molecular complexity index is 1150. The number of aromatic nitrogens is 3. The van der Waals surface area contributed by atoms with Gasteiger partial charge in [-0.05, 0) is 51.8 Å². The van der Waals surface area contributed by atoms with Crippen molar-refractivity contribution < 1.29 is 8.42 Å². The maximum absolute atomic E-state index is 13.3. The second-order valence-electron chi connectivity index (χ2n) is 7.93. The largest absolute Gasteiger partial charge is 0.269 e. The first-order valence-corrected chi connectivity index (χ1v) is 11.9. The Labute approximate surface area is 178 Å². The van der Waals surface area contributed by atoms with Gasteiger partial charge in [-0.3, -0.25) is 9.67 Å². The van der Waals surface area contributed by atoms with E-state index >= 15 is 0 Å². The zero-order valence-electron chi connectivity index (χ0n) is 17.7. The van der Waals surface area contributed by atoms with Gasteiger partial charge in [-0.25, -0.2) is 8.42 Å². The summed E-state index contributed by atoms with van der Waals surface area (Å²) in [6.07, 6.45) is 3.24. The van der Waals surface area contributed by atoms with E-state index in [9.17, 15) is 8.42 Å². The third kappa shape index (κ3) is 3.91. The lowest BCUT2D eigenvalue weighted by Gasteiger charge is -2.31. The number of piperidine rings is 1. The molecule has 0 N–H and O–H groups in total. The summed E-state index contributed by atoms with van der Waals surface area (Å²) < 4.78 is 29.9. The van der Waals surface area contributed by atoms with E-state index in [0.29, 0.717) is 30.2 Å². The van der Waals surface area contributed by atoms with Crippen LogP contribution in [0.25, 0.3) is 11.3 Å². The summed E-state index contributed by atoms with van der Waals surface area (Å²) in [6, 6.07) is 14.3. The van der Waals surface area contributed by atoms with Crippen LogP contribution < -0.4 is 0 Å². The molecule has 0 unspecified atom stereocenters.